The molecule has 0 aromatic heterocycles. The third-order valence-electron chi connectivity index (χ3n) is 8.05. The standard InChI is InChI=1S/C35H65NO11/c1-33(2,3)30(37)28-35(29-31(38)34(4,5)6)9-11-36(12-10-35)32(39)8-13-41-16-17-43-20-21-45-24-25-47-27-26-46-23-22-44-19-18-42-15-14-40-7/h8-29H2,1-7H3. The van der Waals surface area contributed by atoms with Crippen molar-refractivity contribution in [2.45, 2.75) is 73.6 Å². The molecular weight excluding hydrogens is 610 g/mol. The van der Waals surface area contributed by atoms with Gasteiger partial charge in [0.05, 0.1) is 106 Å². The number of likely N-dealkylation sites (tertiary alicyclic amines) is 1. The second-order valence-electron chi connectivity index (χ2n) is 14.1. The maximum absolute atomic E-state index is 13.0. The third-order valence-corrected chi connectivity index (χ3v) is 8.05. The van der Waals surface area contributed by atoms with Crippen molar-refractivity contribution in [1.29, 1.82) is 0 Å². The first kappa shape index (κ1) is 43.5. The summed E-state index contributed by atoms with van der Waals surface area (Å²) in [5.41, 5.74) is -1.30. The van der Waals surface area contributed by atoms with E-state index < -0.39 is 10.8 Å². The van der Waals surface area contributed by atoms with Gasteiger partial charge in [-0.25, -0.2) is 0 Å². The van der Waals surface area contributed by atoms with E-state index >= 15 is 0 Å². The lowest BCUT2D eigenvalue weighted by Gasteiger charge is -2.43. The summed E-state index contributed by atoms with van der Waals surface area (Å²) in [5, 5.41) is 0. The largest absolute Gasteiger partial charge is 0.382 e. The Morgan fingerprint density at radius 2 is 0.809 bits per heavy atom. The Bertz CT molecular complexity index is 815. The molecule has 1 aliphatic rings. The van der Waals surface area contributed by atoms with Crippen molar-refractivity contribution >= 4 is 17.5 Å². The van der Waals surface area contributed by atoms with Crippen LogP contribution >= 0.6 is 0 Å². The van der Waals surface area contributed by atoms with Crippen molar-refractivity contribution < 1.29 is 52.3 Å². The van der Waals surface area contributed by atoms with Crippen molar-refractivity contribution in [2.24, 2.45) is 16.2 Å². The molecule has 1 saturated heterocycles. The summed E-state index contributed by atoms with van der Waals surface area (Å²) in [7, 11) is 1.64. The minimum atomic E-state index is -0.456. The van der Waals surface area contributed by atoms with Crippen molar-refractivity contribution in [3.63, 3.8) is 0 Å². The van der Waals surface area contributed by atoms with E-state index in [4.69, 9.17) is 37.9 Å². The lowest BCUT2D eigenvalue weighted by atomic mass is 9.66. The number of hydrogen-bond acceptors (Lipinski definition) is 11. The van der Waals surface area contributed by atoms with Crippen molar-refractivity contribution in [3.05, 3.63) is 0 Å². The Morgan fingerprint density at radius 1 is 0.511 bits per heavy atom. The predicted molar refractivity (Wildman–Crippen MR) is 179 cm³/mol. The molecule has 0 spiro atoms. The molecule has 0 unspecified atom stereocenters. The monoisotopic (exact) mass is 675 g/mol. The molecule has 12 heteroatoms. The number of amides is 1. The summed E-state index contributed by atoms with van der Waals surface area (Å²) in [6.07, 6.45) is 2.36. The van der Waals surface area contributed by atoms with E-state index in [0.29, 0.717) is 144 Å². The number of methoxy groups -OCH3 is 1. The van der Waals surface area contributed by atoms with Gasteiger partial charge in [-0.2, -0.15) is 0 Å². The van der Waals surface area contributed by atoms with Crippen LogP contribution in [0, 0.1) is 16.2 Å². The van der Waals surface area contributed by atoms with Crippen molar-refractivity contribution in [2.75, 3.05) is 119 Å². The van der Waals surface area contributed by atoms with Gasteiger partial charge in [0.15, 0.2) is 0 Å². The Morgan fingerprint density at radius 3 is 1.11 bits per heavy atom. The van der Waals surface area contributed by atoms with Gasteiger partial charge in [0.25, 0.3) is 0 Å². The highest BCUT2D eigenvalue weighted by atomic mass is 16.6. The molecule has 0 radical (unpaired) electrons. The molecule has 1 rings (SSSR count). The average molecular weight is 676 g/mol. The van der Waals surface area contributed by atoms with Gasteiger partial charge in [-0.3, -0.25) is 14.4 Å². The Kier molecular flexibility index (Phi) is 22.8. The maximum Gasteiger partial charge on any atom is 0.224 e. The number of nitrogens with zero attached hydrogens (tertiary/aromatic N) is 1. The number of piperidine rings is 1. The van der Waals surface area contributed by atoms with Crippen LogP contribution in [0.1, 0.15) is 73.6 Å². The van der Waals surface area contributed by atoms with Gasteiger partial charge in [0.2, 0.25) is 5.91 Å². The Labute approximate surface area is 283 Å². The van der Waals surface area contributed by atoms with Gasteiger partial charge in [0.1, 0.15) is 11.6 Å². The smallest absolute Gasteiger partial charge is 0.224 e. The molecule has 0 aromatic carbocycles. The first-order valence-corrected chi connectivity index (χ1v) is 17.2. The first-order chi connectivity index (χ1) is 22.3. The number of carbonyl (C=O) groups excluding carboxylic acids is 3. The molecule has 1 heterocycles. The highest BCUT2D eigenvalue weighted by molar-refractivity contribution is 5.87. The molecule has 0 aliphatic carbocycles. The first-order valence-electron chi connectivity index (χ1n) is 17.2. The molecule has 276 valence electrons. The van der Waals surface area contributed by atoms with Gasteiger partial charge in [-0.05, 0) is 18.3 Å². The number of rotatable bonds is 28. The number of ketones is 2. The number of ether oxygens (including phenoxy) is 8. The van der Waals surface area contributed by atoms with Crippen molar-refractivity contribution in [3.8, 4) is 0 Å². The van der Waals surface area contributed by atoms with Crippen LogP contribution in [0.2, 0.25) is 0 Å². The highest BCUT2D eigenvalue weighted by Crippen LogP contribution is 2.42. The molecule has 0 N–H and O–H groups in total. The van der Waals surface area contributed by atoms with Gasteiger partial charge >= 0.3 is 0 Å². The Balaban J connectivity index is 2.04. The van der Waals surface area contributed by atoms with Crippen LogP contribution in [0.25, 0.3) is 0 Å². The molecule has 0 bridgehead atoms. The van der Waals surface area contributed by atoms with E-state index in [1.807, 2.05) is 46.4 Å². The summed E-state index contributed by atoms with van der Waals surface area (Å²) in [6.45, 7) is 19.9. The van der Waals surface area contributed by atoms with Gasteiger partial charge in [-0.1, -0.05) is 41.5 Å². The summed E-state index contributed by atoms with van der Waals surface area (Å²) >= 11 is 0. The van der Waals surface area contributed by atoms with E-state index in [9.17, 15) is 14.4 Å². The van der Waals surface area contributed by atoms with E-state index in [1.165, 1.54) is 0 Å². The molecule has 12 nitrogen and oxygen atoms in total. The second-order valence-corrected chi connectivity index (χ2v) is 14.1. The zero-order valence-corrected chi connectivity index (χ0v) is 30.5. The number of carbonyl (C=O) groups is 3. The molecule has 1 aliphatic heterocycles. The van der Waals surface area contributed by atoms with Gasteiger partial charge in [-0.15, -0.1) is 0 Å². The summed E-state index contributed by atoms with van der Waals surface area (Å²) in [4.78, 5) is 40.6. The SMILES string of the molecule is COCCOCCOCCOCCOCCOCCOCCOCCC(=O)N1CCC(CC(=O)C(C)(C)C)(CC(=O)C(C)(C)C)CC1. The average Bonchev–Trinajstić information content (AvgIpc) is 3.00. The van der Waals surface area contributed by atoms with E-state index in [-0.39, 0.29) is 22.9 Å². The molecule has 47 heavy (non-hydrogen) atoms. The molecular formula is C35H65NO11. The zero-order chi connectivity index (χ0) is 35.0. The lowest BCUT2D eigenvalue weighted by Crippen LogP contribution is -2.46. The van der Waals surface area contributed by atoms with Crippen LogP contribution in [0.4, 0.5) is 0 Å². The molecule has 0 saturated carbocycles. The third kappa shape index (κ3) is 21.2. The van der Waals surface area contributed by atoms with Crippen LogP contribution in [-0.4, -0.2) is 142 Å². The molecule has 0 atom stereocenters. The highest BCUT2D eigenvalue weighted by Gasteiger charge is 2.42. The molecule has 1 fully saturated rings. The van der Waals surface area contributed by atoms with E-state index in [2.05, 4.69) is 0 Å². The topological polar surface area (TPSA) is 128 Å². The summed E-state index contributed by atoms with van der Waals surface area (Å²) < 4.78 is 43.1. The van der Waals surface area contributed by atoms with E-state index in [1.54, 1.807) is 7.11 Å². The van der Waals surface area contributed by atoms with Gasteiger partial charge < -0.3 is 42.8 Å². The second kappa shape index (κ2) is 24.6. The van der Waals surface area contributed by atoms with Crippen LogP contribution in [0.15, 0.2) is 0 Å². The lowest BCUT2D eigenvalue weighted by molar-refractivity contribution is -0.138. The van der Waals surface area contributed by atoms with Crippen LogP contribution in [0.3, 0.4) is 0 Å². The number of Topliss-reactive ketones (excluding diaryl/α,β-unsaturated/α-hetero) is 2. The van der Waals surface area contributed by atoms with Gasteiger partial charge in [0, 0.05) is 43.9 Å². The fourth-order valence-corrected chi connectivity index (χ4v) is 4.74. The minimum Gasteiger partial charge on any atom is -0.382 e. The van der Waals surface area contributed by atoms with Crippen molar-refractivity contribution in [1.82, 2.24) is 4.90 Å². The van der Waals surface area contributed by atoms with Crippen LogP contribution in [0.5, 0.6) is 0 Å². The molecule has 1 amide bonds. The zero-order valence-electron chi connectivity index (χ0n) is 30.5. The maximum atomic E-state index is 13.0. The summed E-state index contributed by atoms with van der Waals surface area (Å²) in [6, 6.07) is 0. The number of hydrogen-bond donors (Lipinski definition) is 0. The fourth-order valence-electron chi connectivity index (χ4n) is 4.74. The fraction of sp³-hybridized carbons (Fsp3) is 0.914. The Hall–Kier alpha value is -1.51. The quantitative estimate of drug-likeness (QED) is 0.113. The normalized spacial score (nSPS) is 15.3. The minimum absolute atomic E-state index is 0.0376. The van der Waals surface area contributed by atoms with Crippen LogP contribution in [-0.2, 0) is 52.3 Å². The van der Waals surface area contributed by atoms with E-state index in [0.717, 1.165) is 0 Å². The predicted octanol–water partition coefficient (Wildman–Crippen LogP) is 3.76. The van der Waals surface area contributed by atoms with Crippen LogP contribution < -0.4 is 0 Å². The molecule has 0 aromatic rings. The summed E-state index contributed by atoms with van der Waals surface area (Å²) in [5.74, 6) is 0.375.